The van der Waals surface area contributed by atoms with Gasteiger partial charge in [-0.25, -0.2) is 4.98 Å². The Kier molecular flexibility index (Phi) is 7.20. The number of thiazole rings is 1. The molecular formula is C17H24ClN3O2S. The molecule has 1 heterocycles. The summed E-state index contributed by atoms with van der Waals surface area (Å²) in [6, 6.07) is 7.14. The number of aromatic nitrogens is 1. The van der Waals surface area contributed by atoms with Crippen LogP contribution in [0.15, 0.2) is 29.6 Å². The van der Waals surface area contributed by atoms with Gasteiger partial charge in [-0.2, -0.15) is 0 Å². The van der Waals surface area contributed by atoms with Gasteiger partial charge in [0.1, 0.15) is 5.75 Å². The Hall–Kier alpha value is -1.63. The molecule has 7 heteroatoms. The lowest BCUT2D eigenvalue weighted by atomic mass is 9.87. The van der Waals surface area contributed by atoms with Crippen molar-refractivity contribution < 1.29 is 9.53 Å². The largest absolute Gasteiger partial charge is 0.494 e. The van der Waals surface area contributed by atoms with E-state index in [1.807, 2.05) is 57.3 Å². The molecule has 0 bridgehead atoms. The smallest absolute Gasteiger partial charge is 0.243 e. The van der Waals surface area contributed by atoms with Crippen molar-refractivity contribution in [3.63, 3.8) is 0 Å². The molecule has 0 spiro atoms. The second-order valence-corrected chi connectivity index (χ2v) is 7.19. The number of hydrogen-bond acceptors (Lipinski definition) is 5. The van der Waals surface area contributed by atoms with Gasteiger partial charge < -0.3 is 15.8 Å². The molecule has 2 rings (SSSR count). The summed E-state index contributed by atoms with van der Waals surface area (Å²) >= 11 is 1.39. The average molecular weight is 370 g/mol. The fraction of sp³-hybridized carbons (Fsp3) is 0.412. The maximum atomic E-state index is 12.1. The highest BCUT2D eigenvalue weighted by Gasteiger charge is 2.27. The molecule has 2 aromatic rings. The number of carbonyl (C=O) groups is 1. The standard InChI is InChI=1S/C17H23N3O2S.ClH/c1-5-22-12-8-6-11(7-9-12)13-10-23-16(19-13)20-15(21)14(18)17(2,3)4;/h6-10,14H,5,18H2,1-4H3,(H,19,20,21);1H/t14-;/m1./s1. The summed E-state index contributed by atoms with van der Waals surface area (Å²) in [7, 11) is 0. The molecule has 0 fully saturated rings. The SMILES string of the molecule is CCOc1ccc(-c2csc(NC(=O)[C@@H](N)C(C)(C)C)n2)cc1.Cl. The van der Waals surface area contributed by atoms with E-state index < -0.39 is 6.04 Å². The zero-order chi connectivity index (χ0) is 17.0. The van der Waals surface area contributed by atoms with E-state index in [9.17, 15) is 4.79 Å². The third kappa shape index (κ3) is 5.19. The van der Waals surface area contributed by atoms with Gasteiger partial charge in [-0.15, -0.1) is 23.7 Å². The molecule has 132 valence electrons. The van der Waals surface area contributed by atoms with Crippen LogP contribution < -0.4 is 15.8 Å². The monoisotopic (exact) mass is 369 g/mol. The number of halogens is 1. The number of anilines is 1. The van der Waals surface area contributed by atoms with Crippen molar-refractivity contribution in [2.24, 2.45) is 11.1 Å². The lowest BCUT2D eigenvalue weighted by Crippen LogP contribution is -2.45. The number of carbonyl (C=O) groups excluding carboxylic acids is 1. The van der Waals surface area contributed by atoms with Crippen LogP contribution in [-0.4, -0.2) is 23.5 Å². The predicted octanol–water partition coefficient (Wildman–Crippen LogP) is 3.94. The Morgan fingerprint density at radius 3 is 2.50 bits per heavy atom. The molecule has 1 amide bonds. The van der Waals surface area contributed by atoms with E-state index >= 15 is 0 Å². The van der Waals surface area contributed by atoms with E-state index in [1.165, 1.54) is 11.3 Å². The average Bonchev–Trinajstić information content (AvgIpc) is 2.95. The molecule has 1 aromatic heterocycles. The molecule has 0 aliphatic carbocycles. The van der Waals surface area contributed by atoms with Gasteiger partial charge in [0.2, 0.25) is 5.91 Å². The molecule has 0 aliphatic rings. The number of rotatable bonds is 5. The van der Waals surface area contributed by atoms with Crippen LogP contribution in [0.25, 0.3) is 11.3 Å². The quantitative estimate of drug-likeness (QED) is 0.836. The minimum Gasteiger partial charge on any atom is -0.494 e. The van der Waals surface area contributed by atoms with Gasteiger partial charge in [0.25, 0.3) is 0 Å². The van der Waals surface area contributed by atoms with Crippen LogP contribution in [0.1, 0.15) is 27.7 Å². The third-order valence-electron chi connectivity index (χ3n) is 3.41. The van der Waals surface area contributed by atoms with E-state index in [1.54, 1.807) is 0 Å². The summed E-state index contributed by atoms with van der Waals surface area (Å²) in [6.07, 6.45) is 0. The van der Waals surface area contributed by atoms with Gasteiger partial charge in [0.05, 0.1) is 18.3 Å². The molecule has 0 unspecified atom stereocenters. The highest BCUT2D eigenvalue weighted by Crippen LogP contribution is 2.27. The Labute approximate surface area is 153 Å². The summed E-state index contributed by atoms with van der Waals surface area (Å²) in [4.78, 5) is 16.6. The number of benzene rings is 1. The predicted molar refractivity (Wildman–Crippen MR) is 102 cm³/mol. The van der Waals surface area contributed by atoms with E-state index in [0.29, 0.717) is 11.7 Å². The maximum Gasteiger partial charge on any atom is 0.243 e. The topological polar surface area (TPSA) is 77.2 Å². The number of nitrogens with two attached hydrogens (primary N) is 1. The van der Waals surface area contributed by atoms with E-state index in [0.717, 1.165) is 17.0 Å². The van der Waals surface area contributed by atoms with Crippen molar-refractivity contribution in [2.45, 2.75) is 33.7 Å². The van der Waals surface area contributed by atoms with Crippen LogP contribution in [0.4, 0.5) is 5.13 Å². The maximum absolute atomic E-state index is 12.1. The van der Waals surface area contributed by atoms with Crippen molar-refractivity contribution in [2.75, 3.05) is 11.9 Å². The first kappa shape index (κ1) is 20.4. The zero-order valence-corrected chi connectivity index (χ0v) is 16.0. The first-order chi connectivity index (χ1) is 10.8. The normalized spacial score (nSPS) is 12.2. The van der Waals surface area contributed by atoms with Crippen LogP contribution in [0.3, 0.4) is 0 Å². The summed E-state index contributed by atoms with van der Waals surface area (Å²) in [5.74, 6) is 0.612. The first-order valence-electron chi connectivity index (χ1n) is 7.56. The summed E-state index contributed by atoms with van der Waals surface area (Å²) in [5, 5.41) is 5.25. The zero-order valence-electron chi connectivity index (χ0n) is 14.3. The number of hydrogen-bond donors (Lipinski definition) is 2. The molecule has 1 aromatic carbocycles. The first-order valence-corrected chi connectivity index (χ1v) is 8.44. The van der Waals surface area contributed by atoms with Gasteiger partial charge in [0, 0.05) is 10.9 Å². The number of amides is 1. The fourth-order valence-electron chi connectivity index (χ4n) is 1.93. The number of nitrogens with zero attached hydrogens (tertiary/aromatic N) is 1. The van der Waals surface area contributed by atoms with Crippen LogP contribution in [0, 0.1) is 5.41 Å². The second-order valence-electron chi connectivity index (χ2n) is 6.33. The molecule has 1 atom stereocenters. The minimum absolute atomic E-state index is 0. The number of nitrogens with one attached hydrogen (secondary N) is 1. The lowest BCUT2D eigenvalue weighted by molar-refractivity contribution is -0.119. The summed E-state index contributed by atoms with van der Waals surface area (Å²) in [5.41, 5.74) is 7.46. The van der Waals surface area contributed by atoms with Crippen molar-refractivity contribution in [3.05, 3.63) is 29.6 Å². The minimum atomic E-state index is -0.583. The van der Waals surface area contributed by atoms with Crippen LogP contribution in [-0.2, 0) is 4.79 Å². The molecule has 0 saturated heterocycles. The number of ether oxygens (including phenoxy) is 1. The molecule has 5 nitrogen and oxygen atoms in total. The highest BCUT2D eigenvalue weighted by atomic mass is 35.5. The molecule has 0 aliphatic heterocycles. The fourth-order valence-corrected chi connectivity index (χ4v) is 2.65. The third-order valence-corrected chi connectivity index (χ3v) is 4.17. The van der Waals surface area contributed by atoms with Gasteiger partial charge in [-0.3, -0.25) is 4.79 Å². The summed E-state index contributed by atoms with van der Waals surface area (Å²) < 4.78 is 5.42. The summed E-state index contributed by atoms with van der Waals surface area (Å²) in [6.45, 7) is 8.39. The van der Waals surface area contributed by atoms with Gasteiger partial charge in [0.15, 0.2) is 5.13 Å². The van der Waals surface area contributed by atoms with E-state index in [2.05, 4.69) is 10.3 Å². The van der Waals surface area contributed by atoms with E-state index in [4.69, 9.17) is 10.5 Å². The Bertz CT molecular complexity index is 665. The van der Waals surface area contributed by atoms with Crippen LogP contribution in [0.2, 0.25) is 0 Å². The molecule has 0 radical (unpaired) electrons. The Morgan fingerprint density at radius 1 is 1.33 bits per heavy atom. The van der Waals surface area contributed by atoms with Crippen molar-refractivity contribution in [1.29, 1.82) is 0 Å². The lowest BCUT2D eigenvalue weighted by Gasteiger charge is -2.25. The van der Waals surface area contributed by atoms with Gasteiger partial charge in [-0.1, -0.05) is 20.8 Å². The van der Waals surface area contributed by atoms with Gasteiger partial charge in [-0.05, 0) is 36.6 Å². The van der Waals surface area contributed by atoms with Gasteiger partial charge >= 0.3 is 0 Å². The van der Waals surface area contributed by atoms with Crippen LogP contribution >= 0.6 is 23.7 Å². The highest BCUT2D eigenvalue weighted by molar-refractivity contribution is 7.14. The van der Waals surface area contributed by atoms with Crippen molar-refractivity contribution in [1.82, 2.24) is 4.98 Å². The second kappa shape index (κ2) is 8.46. The van der Waals surface area contributed by atoms with E-state index in [-0.39, 0.29) is 23.7 Å². The van der Waals surface area contributed by atoms with Crippen molar-refractivity contribution >= 4 is 34.8 Å². The Morgan fingerprint density at radius 2 is 1.96 bits per heavy atom. The molecule has 3 N–H and O–H groups in total. The molecule has 24 heavy (non-hydrogen) atoms. The Balaban J connectivity index is 0.00000288. The molecule has 0 saturated carbocycles. The van der Waals surface area contributed by atoms with Crippen LogP contribution in [0.5, 0.6) is 5.75 Å². The van der Waals surface area contributed by atoms with Crippen molar-refractivity contribution in [3.8, 4) is 17.0 Å². The molecular weight excluding hydrogens is 346 g/mol.